The molecule has 9 heavy (non-hydrogen) atoms. The summed E-state index contributed by atoms with van der Waals surface area (Å²) in [5, 5.41) is 0. The Bertz CT molecular complexity index is 210. The third-order valence-electron chi connectivity index (χ3n) is 0.717. The second kappa shape index (κ2) is 3.09. The van der Waals surface area contributed by atoms with E-state index in [1.807, 2.05) is 0 Å². The lowest BCUT2D eigenvalue weighted by Crippen LogP contribution is -1.54. The van der Waals surface area contributed by atoms with Crippen LogP contribution in [0.2, 0.25) is 8.67 Å². The van der Waals surface area contributed by atoms with Crippen LogP contribution in [0.15, 0.2) is 8.95 Å². The van der Waals surface area contributed by atoms with Crippen LogP contribution in [0.3, 0.4) is 0 Å². The van der Waals surface area contributed by atoms with Crippen molar-refractivity contribution >= 4 is 66.4 Å². The molecule has 1 aromatic rings. The van der Waals surface area contributed by atoms with Crippen LogP contribution in [0.25, 0.3) is 0 Å². The van der Waals surface area contributed by atoms with E-state index in [0.717, 1.165) is 8.95 Å². The van der Waals surface area contributed by atoms with Crippen molar-refractivity contribution in [3.05, 3.63) is 17.6 Å². The molecule has 0 fully saturated rings. The Labute approximate surface area is 83.4 Å². The topological polar surface area (TPSA) is 0 Å². The molecule has 0 saturated carbocycles. The molecule has 0 unspecified atom stereocenters. The minimum Gasteiger partial charge on any atom is -0.109 e. The Hall–Kier alpha value is 1.24. The van der Waals surface area contributed by atoms with Crippen molar-refractivity contribution in [3.63, 3.8) is 0 Å². The molecule has 0 amide bonds. The first-order valence-corrected chi connectivity index (χ1v) is 5.07. The van der Waals surface area contributed by atoms with E-state index in [-0.39, 0.29) is 0 Å². The summed E-state index contributed by atoms with van der Waals surface area (Å²) in [6, 6.07) is 0. The summed E-state index contributed by atoms with van der Waals surface area (Å²) in [5.74, 6) is 0. The lowest BCUT2D eigenvalue weighted by Gasteiger charge is -1.81. The Kier molecular flexibility index (Phi) is 2.87. The largest absolute Gasteiger partial charge is 0.110 e. The summed E-state index contributed by atoms with van der Waals surface area (Å²) >= 11 is 19.2. The normalized spacial score (nSPS) is 10.2. The van der Waals surface area contributed by atoms with Gasteiger partial charge >= 0.3 is 0 Å². The summed E-state index contributed by atoms with van der Waals surface area (Å²) < 4.78 is 3.01. The van der Waals surface area contributed by atoms with Crippen LogP contribution in [0.4, 0.5) is 0 Å². The molecule has 0 spiro atoms. The quantitative estimate of drug-likeness (QED) is 0.658. The van der Waals surface area contributed by atoms with E-state index < -0.39 is 0 Å². The highest BCUT2D eigenvalue weighted by molar-refractivity contribution is 9.13. The molecule has 5 heteroatoms. The molecule has 1 rings (SSSR count). The Morgan fingerprint density at radius 2 is 1.33 bits per heavy atom. The fourth-order valence-electron chi connectivity index (χ4n) is 0.341. The van der Waals surface area contributed by atoms with Crippen molar-refractivity contribution < 1.29 is 0 Å². The molecular weight excluding hydrogens is 311 g/mol. The van der Waals surface area contributed by atoms with Crippen molar-refractivity contribution in [2.24, 2.45) is 0 Å². The minimum absolute atomic E-state index is 0.673. The molecule has 1 heterocycles. The number of hydrogen-bond acceptors (Lipinski definition) is 1. The van der Waals surface area contributed by atoms with Crippen LogP contribution in [0.1, 0.15) is 0 Å². The van der Waals surface area contributed by atoms with Crippen molar-refractivity contribution in [3.8, 4) is 0 Å². The predicted molar refractivity (Wildman–Crippen MR) is 49.7 cm³/mol. The highest BCUT2D eigenvalue weighted by Gasteiger charge is 2.09. The van der Waals surface area contributed by atoms with Crippen LogP contribution in [-0.2, 0) is 0 Å². The lowest BCUT2D eigenvalue weighted by molar-refractivity contribution is 1.79. The van der Waals surface area contributed by atoms with Gasteiger partial charge in [-0.2, -0.15) is 0 Å². The smallest absolute Gasteiger partial charge is 0.109 e. The van der Waals surface area contributed by atoms with E-state index >= 15 is 0 Å². The first-order chi connectivity index (χ1) is 4.13. The van der Waals surface area contributed by atoms with Gasteiger partial charge in [-0.1, -0.05) is 23.2 Å². The SMILES string of the molecule is Clc1sc(Cl)c(Br)c1Br. The molecule has 1 aromatic heterocycles. The summed E-state index contributed by atoms with van der Waals surface area (Å²) in [6.45, 7) is 0. The van der Waals surface area contributed by atoms with E-state index in [0.29, 0.717) is 8.67 Å². The third-order valence-corrected chi connectivity index (χ3v) is 5.42. The van der Waals surface area contributed by atoms with Gasteiger partial charge in [-0.3, -0.25) is 0 Å². The van der Waals surface area contributed by atoms with Gasteiger partial charge in [0, 0.05) is 0 Å². The summed E-state index contributed by atoms with van der Waals surface area (Å²) in [5.41, 5.74) is 0. The van der Waals surface area contributed by atoms with Crippen LogP contribution in [0, 0.1) is 0 Å². The highest BCUT2D eigenvalue weighted by Crippen LogP contribution is 2.43. The number of rotatable bonds is 0. The van der Waals surface area contributed by atoms with Crippen molar-refractivity contribution in [1.82, 2.24) is 0 Å². The first-order valence-electron chi connectivity index (χ1n) is 1.91. The molecule has 0 radical (unpaired) electrons. The monoisotopic (exact) mass is 308 g/mol. The highest BCUT2D eigenvalue weighted by atomic mass is 79.9. The van der Waals surface area contributed by atoms with Gasteiger partial charge in [-0.15, -0.1) is 11.3 Å². The van der Waals surface area contributed by atoms with Gasteiger partial charge < -0.3 is 0 Å². The summed E-state index contributed by atoms with van der Waals surface area (Å²) in [4.78, 5) is 0. The van der Waals surface area contributed by atoms with E-state index in [2.05, 4.69) is 31.9 Å². The maximum Gasteiger partial charge on any atom is 0.110 e. The average molecular weight is 311 g/mol. The molecule has 0 saturated heterocycles. The molecule has 0 N–H and O–H groups in total. The summed E-state index contributed by atoms with van der Waals surface area (Å²) in [7, 11) is 0. The molecule has 0 aliphatic rings. The van der Waals surface area contributed by atoms with Gasteiger partial charge in [-0.05, 0) is 31.9 Å². The fourth-order valence-corrected chi connectivity index (χ4v) is 3.02. The summed E-state index contributed by atoms with van der Waals surface area (Å²) in [6.07, 6.45) is 0. The molecule has 0 aliphatic heterocycles. The van der Waals surface area contributed by atoms with Crippen LogP contribution >= 0.6 is 66.4 Å². The molecular formula is C4Br2Cl2S. The van der Waals surface area contributed by atoms with E-state index in [1.54, 1.807) is 0 Å². The lowest BCUT2D eigenvalue weighted by atomic mass is 10.7. The maximum absolute atomic E-state index is 5.69. The predicted octanol–water partition coefficient (Wildman–Crippen LogP) is 4.58. The zero-order chi connectivity index (χ0) is 7.02. The Morgan fingerprint density at radius 3 is 1.44 bits per heavy atom. The number of hydrogen-bond donors (Lipinski definition) is 0. The molecule has 50 valence electrons. The minimum atomic E-state index is 0.673. The van der Waals surface area contributed by atoms with Crippen molar-refractivity contribution in [2.45, 2.75) is 0 Å². The zero-order valence-electron chi connectivity index (χ0n) is 3.92. The van der Waals surface area contributed by atoms with Crippen LogP contribution < -0.4 is 0 Å². The molecule has 0 atom stereocenters. The maximum atomic E-state index is 5.69. The van der Waals surface area contributed by atoms with E-state index in [1.165, 1.54) is 11.3 Å². The Morgan fingerprint density at radius 1 is 1.00 bits per heavy atom. The average Bonchev–Trinajstić information content (AvgIpc) is 1.98. The standard InChI is InChI=1S/C4Br2Cl2S/c5-1-2(6)4(8)9-3(1)7. The van der Waals surface area contributed by atoms with Crippen LogP contribution in [0.5, 0.6) is 0 Å². The van der Waals surface area contributed by atoms with E-state index in [9.17, 15) is 0 Å². The third kappa shape index (κ3) is 1.63. The second-order valence-corrected chi connectivity index (χ2v) is 5.09. The Balaban J connectivity index is 3.29. The van der Waals surface area contributed by atoms with Gasteiger partial charge in [0.2, 0.25) is 0 Å². The van der Waals surface area contributed by atoms with Crippen molar-refractivity contribution in [2.75, 3.05) is 0 Å². The van der Waals surface area contributed by atoms with Crippen molar-refractivity contribution in [1.29, 1.82) is 0 Å². The van der Waals surface area contributed by atoms with Crippen LogP contribution in [-0.4, -0.2) is 0 Å². The molecule has 0 aromatic carbocycles. The van der Waals surface area contributed by atoms with Gasteiger partial charge in [0.05, 0.1) is 8.95 Å². The first kappa shape index (κ1) is 8.34. The zero-order valence-corrected chi connectivity index (χ0v) is 9.42. The number of halogens is 4. The van der Waals surface area contributed by atoms with Gasteiger partial charge in [0.15, 0.2) is 0 Å². The second-order valence-electron chi connectivity index (χ2n) is 1.28. The molecule has 0 aliphatic carbocycles. The number of thiophene rings is 1. The fraction of sp³-hybridized carbons (Fsp3) is 0. The molecule has 0 bridgehead atoms. The molecule has 0 nitrogen and oxygen atoms in total. The van der Waals surface area contributed by atoms with Gasteiger partial charge in [0.25, 0.3) is 0 Å². The van der Waals surface area contributed by atoms with Gasteiger partial charge in [0.1, 0.15) is 8.67 Å². The van der Waals surface area contributed by atoms with E-state index in [4.69, 9.17) is 23.2 Å². The van der Waals surface area contributed by atoms with Gasteiger partial charge in [-0.25, -0.2) is 0 Å².